The molecule has 1 saturated carbocycles. The van der Waals surface area contributed by atoms with E-state index in [0.717, 1.165) is 6.61 Å². The predicted molar refractivity (Wildman–Crippen MR) is 53.5 cm³/mol. The second-order valence-electron chi connectivity index (χ2n) is 4.54. The third kappa shape index (κ3) is 1.73. The van der Waals surface area contributed by atoms with Crippen molar-refractivity contribution >= 4 is 0 Å². The van der Waals surface area contributed by atoms with Crippen molar-refractivity contribution < 1.29 is 4.74 Å². The molecular formula is C11H19NO. The fourth-order valence-electron chi connectivity index (χ4n) is 2.26. The molecule has 0 spiro atoms. The molecule has 1 fully saturated rings. The van der Waals surface area contributed by atoms with Gasteiger partial charge in [0.05, 0.1) is 12.9 Å². The van der Waals surface area contributed by atoms with Gasteiger partial charge in [-0.3, -0.25) is 0 Å². The Morgan fingerprint density at radius 3 is 2.77 bits per heavy atom. The first-order valence-electron chi connectivity index (χ1n) is 5.24. The lowest BCUT2D eigenvalue weighted by Crippen LogP contribution is -2.36. The number of hydrogen-bond acceptors (Lipinski definition) is 2. The van der Waals surface area contributed by atoms with Crippen molar-refractivity contribution in [3.05, 3.63) is 11.8 Å². The summed E-state index contributed by atoms with van der Waals surface area (Å²) in [6.07, 6.45) is 7.08. The second-order valence-corrected chi connectivity index (χ2v) is 4.54. The summed E-state index contributed by atoms with van der Waals surface area (Å²) in [6.45, 7) is 3.26. The molecule has 13 heavy (non-hydrogen) atoms. The lowest BCUT2D eigenvalue weighted by Gasteiger charge is -2.27. The standard InChI is InChI=1S/C11H19NO/c1-11(5-6-11)10(12-2)9-4-3-7-13-8-9/h8,10,12H,3-7H2,1-2H3. The van der Waals surface area contributed by atoms with E-state index in [1.807, 2.05) is 6.26 Å². The molecular weight excluding hydrogens is 162 g/mol. The lowest BCUT2D eigenvalue weighted by atomic mass is 9.89. The van der Waals surface area contributed by atoms with Crippen molar-refractivity contribution in [1.82, 2.24) is 5.32 Å². The van der Waals surface area contributed by atoms with E-state index < -0.39 is 0 Å². The Bertz CT molecular complexity index is 218. The van der Waals surface area contributed by atoms with Crippen molar-refractivity contribution in [1.29, 1.82) is 0 Å². The van der Waals surface area contributed by atoms with E-state index in [0.29, 0.717) is 11.5 Å². The van der Waals surface area contributed by atoms with Crippen LogP contribution in [0.1, 0.15) is 32.6 Å². The molecule has 0 bridgehead atoms. The summed E-state index contributed by atoms with van der Waals surface area (Å²) >= 11 is 0. The van der Waals surface area contributed by atoms with Crippen LogP contribution >= 0.6 is 0 Å². The molecule has 1 aliphatic heterocycles. The SMILES string of the molecule is CNC(C1=COCCC1)C1(C)CC1. The Labute approximate surface area is 80.4 Å². The summed E-state index contributed by atoms with van der Waals surface area (Å²) in [6, 6.07) is 0.549. The zero-order valence-electron chi connectivity index (χ0n) is 8.60. The normalized spacial score (nSPS) is 27.4. The van der Waals surface area contributed by atoms with E-state index in [-0.39, 0.29) is 0 Å². The zero-order chi connectivity index (χ0) is 9.31. The number of nitrogens with one attached hydrogen (secondary N) is 1. The first-order chi connectivity index (χ1) is 6.26. The van der Waals surface area contributed by atoms with Crippen LogP contribution in [-0.2, 0) is 4.74 Å². The number of hydrogen-bond donors (Lipinski definition) is 1. The maximum atomic E-state index is 5.39. The van der Waals surface area contributed by atoms with Gasteiger partial charge in [-0.15, -0.1) is 0 Å². The van der Waals surface area contributed by atoms with E-state index in [2.05, 4.69) is 19.3 Å². The monoisotopic (exact) mass is 181 g/mol. The van der Waals surface area contributed by atoms with Gasteiger partial charge in [0.25, 0.3) is 0 Å². The second kappa shape index (κ2) is 3.33. The van der Waals surface area contributed by atoms with Gasteiger partial charge in [-0.2, -0.15) is 0 Å². The average Bonchev–Trinajstić information content (AvgIpc) is 2.87. The van der Waals surface area contributed by atoms with Gasteiger partial charge in [-0.1, -0.05) is 6.92 Å². The molecule has 2 heteroatoms. The molecule has 1 heterocycles. The van der Waals surface area contributed by atoms with Crippen LogP contribution in [-0.4, -0.2) is 19.7 Å². The highest BCUT2D eigenvalue weighted by molar-refractivity contribution is 5.18. The van der Waals surface area contributed by atoms with E-state index in [9.17, 15) is 0 Å². The highest BCUT2D eigenvalue weighted by atomic mass is 16.5. The molecule has 0 amide bonds. The number of rotatable bonds is 3. The van der Waals surface area contributed by atoms with E-state index in [4.69, 9.17) is 4.74 Å². The molecule has 1 unspecified atom stereocenters. The number of ether oxygens (including phenoxy) is 1. The Morgan fingerprint density at radius 2 is 2.31 bits per heavy atom. The highest BCUT2D eigenvalue weighted by Gasteiger charge is 2.45. The van der Waals surface area contributed by atoms with Crippen LogP contribution in [0.4, 0.5) is 0 Å². The van der Waals surface area contributed by atoms with E-state index in [1.54, 1.807) is 0 Å². The molecule has 1 N–H and O–H groups in total. The van der Waals surface area contributed by atoms with E-state index >= 15 is 0 Å². The fraction of sp³-hybridized carbons (Fsp3) is 0.818. The quantitative estimate of drug-likeness (QED) is 0.719. The van der Waals surface area contributed by atoms with Crippen LogP contribution in [0.5, 0.6) is 0 Å². The molecule has 0 radical (unpaired) electrons. The fourth-order valence-corrected chi connectivity index (χ4v) is 2.26. The van der Waals surface area contributed by atoms with Crippen LogP contribution in [0, 0.1) is 5.41 Å². The summed E-state index contributed by atoms with van der Waals surface area (Å²) in [5, 5.41) is 3.43. The van der Waals surface area contributed by atoms with Gasteiger partial charge in [-0.05, 0) is 43.7 Å². The predicted octanol–water partition coefficient (Wildman–Crippen LogP) is 2.07. The van der Waals surface area contributed by atoms with Crippen LogP contribution in [0.25, 0.3) is 0 Å². The molecule has 1 aliphatic carbocycles. The van der Waals surface area contributed by atoms with Crippen molar-refractivity contribution in [3.63, 3.8) is 0 Å². The first-order valence-corrected chi connectivity index (χ1v) is 5.24. The Hall–Kier alpha value is -0.500. The van der Waals surface area contributed by atoms with Gasteiger partial charge in [0.15, 0.2) is 0 Å². The van der Waals surface area contributed by atoms with Gasteiger partial charge >= 0.3 is 0 Å². The summed E-state index contributed by atoms with van der Waals surface area (Å²) in [7, 11) is 2.06. The Morgan fingerprint density at radius 1 is 1.54 bits per heavy atom. The summed E-state index contributed by atoms with van der Waals surface area (Å²) in [4.78, 5) is 0. The Balaban J connectivity index is 2.07. The van der Waals surface area contributed by atoms with Crippen LogP contribution in [0.2, 0.25) is 0 Å². The maximum absolute atomic E-state index is 5.39. The third-order valence-corrected chi connectivity index (χ3v) is 3.36. The molecule has 2 rings (SSSR count). The summed E-state index contributed by atoms with van der Waals surface area (Å²) in [5.41, 5.74) is 1.98. The van der Waals surface area contributed by atoms with Gasteiger partial charge in [0.2, 0.25) is 0 Å². The maximum Gasteiger partial charge on any atom is 0.0876 e. The van der Waals surface area contributed by atoms with Crippen molar-refractivity contribution in [2.45, 2.75) is 38.6 Å². The minimum Gasteiger partial charge on any atom is -0.501 e. The molecule has 2 aliphatic rings. The highest BCUT2D eigenvalue weighted by Crippen LogP contribution is 2.50. The minimum atomic E-state index is 0.515. The molecule has 2 nitrogen and oxygen atoms in total. The van der Waals surface area contributed by atoms with Gasteiger partial charge in [-0.25, -0.2) is 0 Å². The van der Waals surface area contributed by atoms with Gasteiger partial charge in [0.1, 0.15) is 0 Å². The molecule has 74 valence electrons. The molecule has 0 saturated heterocycles. The molecule has 0 aromatic heterocycles. The Kier molecular flexibility index (Phi) is 2.33. The van der Waals surface area contributed by atoms with Crippen LogP contribution in [0.15, 0.2) is 11.8 Å². The topological polar surface area (TPSA) is 21.3 Å². The van der Waals surface area contributed by atoms with Gasteiger partial charge < -0.3 is 10.1 Å². The summed E-state index contributed by atoms with van der Waals surface area (Å²) < 4.78 is 5.39. The zero-order valence-corrected chi connectivity index (χ0v) is 8.60. The lowest BCUT2D eigenvalue weighted by molar-refractivity contribution is 0.214. The average molecular weight is 181 g/mol. The smallest absolute Gasteiger partial charge is 0.0876 e. The van der Waals surface area contributed by atoms with Crippen LogP contribution in [0.3, 0.4) is 0 Å². The molecule has 0 aromatic rings. The first kappa shape index (κ1) is 9.07. The van der Waals surface area contributed by atoms with E-state index in [1.165, 1.54) is 31.3 Å². The number of likely N-dealkylation sites (N-methyl/N-ethyl adjacent to an activating group) is 1. The minimum absolute atomic E-state index is 0.515. The molecule has 0 aromatic carbocycles. The van der Waals surface area contributed by atoms with Crippen molar-refractivity contribution in [3.8, 4) is 0 Å². The van der Waals surface area contributed by atoms with Crippen LogP contribution < -0.4 is 5.32 Å². The summed E-state index contributed by atoms with van der Waals surface area (Å²) in [5.74, 6) is 0. The molecule has 1 atom stereocenters. The van der Waals surface area contributed by atoms with Crippen molar-refractivity contribution in [2.24, 2.45) is 5.41 Å². The largest absolute Gasteiger partial charge is 0.501 e. The van der Waals surface area contributed by atoms with Crippen molar-refractivity contribution in [2.75, 3.05) is 13.7 Å². The third-order valence-electron chi connectivity index (χ3n) is 3.36. The van der Waals surface area contributed by atoms with Gasteiger partial charge in [0, 0.05) is 6.04 Å².